The number of nitrogens with one attached hydrogen (secondary N) is 1. The highest BCUT2D eigenvalue weighted by atomic mass is 79.9. The third-order valence-corrected chi connectivity index (χ3v) is 4.69. The number of nitrogens with zero attached hydrogens (tertiary/aromatic N) is 1. The first-order valence-electron chi connectivity index (χ1n) is 6.74. The molecular formula is C14H20BrClN2O. The van der Waals surface area contributed by atoms with E-state index in [4.69, 9.17) is 4.74 Å². The van der Waals surface area contributed by atoms with Gasteiger partial charge in [-0.1, -0.05) is 0 Å². The van der Waals surface area contributed by atoms with Crippen molar-refractivity contribution in [1.82, 2.24) is 5.32 Å². The number of likely N-dealkylation sites (N-methyl/N-ethyl adjacent to an activating group) is 1. The average molecular weight is 348 g/mol. The number of anilines is 1. The molecule has 0 radical (unpaired) electrons. The lowest BCUT2D eigenvalue weighted by atomic mass is 10.0. The van der Waals surface area contributed by atoms with Crippen molar-refractivity contribution in [2.45, 2.75) is 19.8 Å². The molecule has 1 aromatic rings. The van der Waals surface area contributed by atoms with E-state index < -0.39 is 0 Å². The fourth-order valence-electron chi connectivity index (χ4n) is 2.84. The zero-order valence-electron chi connectivity index (χ0n) is 11.2. The van der Waals surface area contributed by atoms with Crippen molar-refractivity contribution in [3.63, 3.8) is 0 Å². The van der Waals surface area contributed by atoms with Gasteiger partial charge in [0.1, 0.15) is 6.61 Å². The lowest BCUT2D eigenvalue weighted by Gasteiger charge is -2.32. The van der Waals surface area contributed by atoms with Crippen LogP contribution in [-0.2, 0) is 12.8 Å². The van der Waals surface area contributed by atoms with Crippen molar-refractivity contribution >= 4 is 34.0 Å². The molecule has 0 bridgehead atoms. The smallest absolute Gasteiger partial charge is 0.157 e. The van der Waals surface area contributed by atoms with Gasteiger partial charge >= 0.3 is 0 Å². The molecule has 0 saturated carbocycles. The summed E-state index contributed by atoms with van der Waals surface area (Å²) in [4.78, 5) is 2.40. The Hall–Kier alpha value is -0.450. The summed E-state index contributed by atoms with van der Waals surface area (Å²) in [5, 5.41) is 3.46. The third kappa shape index (κ3) is 2.71. The summed E-state index contributed by atoms with van der Waals surface area (Å²) < 4.78 is 7.06. The predicted molar refractivity (Wildman–Crippen MR) is 85.0 cm³/mol. The highest BCUT2D eigenvalue weighted by Gasteiger charge is 2.24. The Morgan fingerprint density at radius 1 is 1.37 bits per heavy atom. The molecule has 0 aliphatic carbocycles. The van der Waals surface area contributed by atoms with E-state index in [0.29, 0.717) is 0 Å². The highest BCUT2D eigenvalue weighted by molar-refractivity contribution is 9.10. The van der Waals surface area contributed by atoms with Crippen molar-refractivity contribution in [3.05, 3.63) is 21.7 Å². The van der Waals surface area contributed by atoms with E-state index in [1.165, 1.54) is 21.3 Å². The van der Waals surface area contributed by atoms with E-state index in [2.05, 4.69) is 39.1 Å². The van der Waals surface area contributed by atoms with Crippen molar-refractivity contribution < 1.29 is 4.74 Å². The van der Waals surface area contributed by atoms with Gasteiger partial charge in [0.25, 0.3) is 0 Å². The number of hydrogen-bond acceptors (Lipinski definition) is 3. The Balaban J connectivity index is 0.00000133. The second-order valence-electron chi connectivity index (χ2n) is 4.85. The van der Waals surface area contributed by atoms with Crippen LogP contribution in [0.2, 0.25) is 0 Å². The van der Waals surface area contributed by atoms with Crippen molar-refractivity contribution in [2.24, 2.45) is 0 Å². The molecule has 1 aromatic carbocycles. The Bertz CT molecular complexity index is 467. The lowest BCUT2D eigenvalue weighted by molar-refractivity contribution is 0.306. The summed E-state index contributed by atoms with van der Waals surface area (Å²) in [5.41, 5.74) is 4.16. The minimum absolute atomic E-state index is 0. The fourth-order valence-corrected chi connectivity index (χ4v) is 3.61. The van der Waals surface area contributed by atoms with E-state index >= 15 is 0 Å². The quantitative estimate of drug-likeness (QED) is 0.845. The zero-order valence-corrected chi connectivity index (χ0v) is 13.6. The molecule has 106 valence electrons. The van der Waals surface area contributed by atoms with E-state index in [9.17, 15) is 0 Å². The molecule has 2 heterocycles. The van der Waals surface area contributed by atoms with Gasteiger partial charge in [-0.15, -0.1) is 12.4 Å². The standard InChI is InChI=1S/C14H19BrN2O.ClH/c1-2-17-7-8-18-14-12(17)9-10-3-5-16-6-4-11(10)13(14)15;/h9,16H,2-8H2,1H3;1H. The van der Waals surface area contributed by atoms with Crippen LogP contribution in [0, 0.1) is 0 Å². The highest BCUT2D eigenvalue weighted by Crippen LogP contribution is 2.42. The molecule has 3 rings (SSSR count). The molecule has 0 fully saturated rings. The largest absolute Gasteiger partial charge is 0.488 e. The minimum atomic E-state index is 0. The van der Waals surface area contributed by atoms with Crippen LogP contribution in [0.15, 0.2) is 10.5 Å². The molecule has 2 aliphatic heterocycles. The first-order valence-corrected chi connectivity index (χ1v) is 7.53. The van der Waals surface area contributed by atoms with Crippen LogP contribution < -0.4 is 15.0 Å². The molecule has 0 atom stereocenters. The summed E-state index contributed by atoms with van der Waals surface area (Å²) in [7, 11) is 0. The van der Waals surface area contributed by atoms with Crippen molar-refractivity contribution in [1.29, 1.82) is 0 Å². The van der Waals surface area contributed by atoms with Crippen molar-refractivity contribution in [3.8, 4) is 5.75 Å². The number of benzene rings is 1. The van der Waals surface area contributed by atoms with Gasteiger partial charge < -0.3 is 15.0 Å². The maximum atomic E-state index is 5.88. The first kappa shape index (κ1) is 14.9. The van der Waals surface area contributed by atoms with Gasteiger partial charge in [0, 0.05) is 6.54 Å². The topological polar surface area (TPSA) is 24.5 Å². The van der Waals surface area contributed by atoms with Gasteiger partial charge in [-0.2, -0.15) is 0 Å². The SMILES string of the molecule is CCN1CCOc2c1cc1c(c2Br)CCNCC1.Cl. The van der Waals surface area contributed by atoms with Crippen LogP contribution in [0.1, 0.15) is 18.1 Å². The minimum Gasteiger partial charge on any atom is -0.488 e. The summed E-state index contributed by atoms with van der Waals surface area (Å²) in [6.45, 7) is 7.16. The monoisotopic (exact) mass is 346 g/mol. The number of fused-ring (bicyclic) bond motifs is 2. The average Bonchev–Trinajstić information content (AvgIpc) is 2.64. The fraction of sp³-hybridized carbons (Fsp3) is 0.571. The van der Waals surface area contributed by atoms with E-state index in [-0.39, 0.29) is 12.4 Å². The Kier molecular flexibility index (Phi) is 4.98. The van der Waals surface area contributed by atoms with E-state index in [0.717, 1.165) is 51.4 Å². The molecule has 5 heteroatoms. The molecular weight excluding hydrogens is 328 g/mol. The Morgan fingerprint density at radius 2 is 2.16 bits per heavy atom. The Labute approximate surface area is 129 Å². The summed E-state index contributed by atoms with van der Waals surface area (Å²) >= 11 is 3.76. The van der Waals surface area contributed by atoms with E-state index in [1.807, 2.05) is 0 Å². The van der Waals surface area contributed by atoms with Gasteiger partial charge in [0.15, 0.2) is 5.75 Å². The van der Waals surface area contributed by atoms with Crippen LogP contribution in [-0.4, -0.2) is 32.8 Å². The molecule has 2 aliphatic rings. The predicted octanol–water partition coefficient (Wildman–Crippen LogP) is 2.78. The van der Waals surface area contributed by atoms with Gasteiger partial charge in [-0.25, -0.2) is 0 Å². The van der Waals surface area contributed by atoms with Gasteiger partial charge in [-0.05, 0) is 66.0 Å². The third-order valence-electron chi connectivity index (χ3n) is 3.85. The number of rotatable bonds is 1. The Morgan fingerprint density at radius 3 is 2.95 bits per heavy atom. The summed E-state index contributed by atoms with van der Waals surface area (Å²) in [5.74, 6) is 1.05. The van der Waals surface area contributed by atoms with E-state index in [1.54, 1.807) is 0 Å². The molecule has 0 amide bonds. The van der Waals surface area contributed by atoms with Gasteiger partial charge in [-0.3, -0.25) is 0 Å². The summed E-state index contributed by atoms with van der Waals surface area (Å²) in [6, 6.07) is 2.34. The lowest BCUT2D eigenvalue weighted by Crippen LogP contribution is -2.32. The van der Waals surface area contributed by atoms with Crippen LogP contribution in [0.5, 0.6) is 5.75 Å². The maximum Gasteiger partial charge on any atom is 0.157 e. The molecule has 0 spiro atoms. The molecule has 3 nitrogen and oxygen atoms in total. The molecule has 0 saturated heterocycles. The van der Waals surface area contributed by atoms with Crippen molar-refractivity contribution in [2.75, 3.05) is 37.7 Å². The molecule has 0 aromatic heterocycles. The molecule has 19 heavy (non-hydrogen) atoms. The van der Waals surface area contributed by atoms with Crippen LogP contribution in [0.25, 0.3) is 0 Å². The normalized spacial score (nSPS) is 17.7. The van der Waals surface area contributed by atoms with Gasteiger partial charge in [0.05, 0.1) is 16.7 Å². The molecule has 1 N–H and O–H groups in total. The second kappa shape index (κ2) is 6.33. The maximum absolute atomic E-state index is 5.88. The molecule has 0 unspecified atom stereocenters. The number of ether oxygens (including phenoxy) is 1. The van der Waals surface area contributed by atoms with Crippen LogP contribution >= 0.6 is 28.3 Å². The second-order valence-corrected chi connectivity index (χ2v) is 5.65. The van der Waals surface area contributed by atoms with Gasteiger partial charge in [0.2, 0.25) is 0 Å². The zero-order chi connectivity index (χ0) is 12.5. The van der Waals surface area contributed by atoms with Crippen LogP contribution in [0.3, 0.4) is 0 Å². The number of hydrogen-bond donors (Lipinski definition) is 1. The summed E-state index contributed by atoms with van der Waals surface area (Å²) in [6.07, 6.45) is 2.19. The number of halogens is 2. The first-order chi connectivity index (χ1) is 8.81. The van der Waals surface area contributed by atoms with Crippen LogP contribution in [0.4, 0.5) is 5.69 Å².